The molecule has 0 radical (unpaired) electrons. The van der Waals surface area contributed by atoms with Gasteiger partial charge >= 0.3 is 0 Å². The summed E-state index contributed by atoms with van der Waals surface area (Å²) < 4.78 is 10.9. The number of carbonyl (C=O) groups excluding carboxylic acids is 1. The van der Waals surface area contributed by atoms with Gasteiger partial charge in [-0.3, -0.25) is 9.59 Å². The molecule has 1 aliphatic carbocycles. The highest BCUT2D eigenvalue weighted by Gasteiger charge is 2.31. The molecule has 1 amide bonds. The monoisotopic (exact) mass is 483 g/mol. The average Bonchev–Trinajstić information content (AvgIpc) is 3.18. The van der Waals surface area contributed by atoms with Crippen molar-refractivity contribution in [2.24, 2.45) is 11.3 Å². The number of carbonyl (C=O) groups is 1. The number of amides is 1. The lowest BCUT2D eigenvalue weighted by molar-refractivity contribution is -0.121. The second kappa shape index (κ2) is 10.2. The number of aryl methyl sites for hydroxylation is 2. The molecule has 0 saturated carbocycles. The lowest BCUT2D eigenvalue weighted by Gasteiger charge is -2.33. The molecular formula is C26H33N3O4S. The van der Waals surface area contributed by atoms with Crippen molar-refractivity contribution in [2.75, 3.05) is 20.3 Å². The number of fused-ring (bicyclic) bond motifs is 3. The van der Waals surface area contributed by atoms with Gasteiger partial charge in [-0.25, -0.2) is 4.98 Å². The smallest absolute Gasteiger partial charge is 0.259 e. The fourth-order valence-electron chi connectivity index (χ4n) is 4.50. The van der Waals surface area contributed by atoms with Crippen LogP contribution in [0.3, 0.4) is 0 Å². The van der Waals surface area contributed by atoms with Gasteiger partial charge in [0.15, 0.2) is 11.5 Å². The Morgan fingerprint density at radius 1 is 1.26 bits per heavy atom. The maximum atomic E-state index is 12.8. The topological polar surface area (TPSA) is 93.3 Å². The quantitative estimate of drug-likeness (QED) is 0.467. The van der Waals surface area contributed by atoms with Gasteiger partial charge in [-0.15, -0.1) is 11.3 Å². The van der Waals surface area contributed by atoms with Crippen LogP contribution in [0.2, 0.25) is 0 Å². The van der Waals surface area contributed by atoms with Gasteiger partial charge in [0.2, 0.25) is 5.91 Å². The number of nitrogens with zero attached hydrogens (tertiary/aromatic N) is 1. The van der Waals surface area contributed by atoms with Crippen molar-refractivity contribution in [3.63, 3.8) is 0 Å². The number of benzene rings is 1. The minimum absolute atomic E-state index is 0.0858. The summed E-state index contributed by atoms with van der Waals surface area (Å²) in [6, 6.07) is 7.39. The van der Waals surface area contributed by atoms with Crippen LogP contribution in [0.5, 0.6) is 11.5 Å². The largest absolute Gasteiger partial charge is 0.493 e. The predicted molar refractivity (Wildman–Crippen MR) is 135 cm³/mol. The van der Waals surface area contributed by atoms with Crippen LogP contribution in [-0.2, 0) is 24.1 Å². The van der Waals surface area contributed by atoms with E-state index >= 15 is 0 Å². The highest BCUT2D eigenvalue weighted by atomic mass is 32.1. The molecule has 0 bridgehead atoms. The van der Waals surface area contributed by atoms with Crippen molar-refractivity contribution in [3.05, 3.63) is 50.9 Å². The van der Waals surface area contributed by atoms with E-state index in [1.165, 1.54) is 10.4 Å². The number of hydrogen-bond acceptors (Lipinski definition) is 6. The molecule has 8 heteroatoms. The predicted octanol–water partition coefficient (Wildman–Crippen LogP) is 4.27. The van der Waals surface area contributed by atoms with Crippen molar-refractivity contribution < 1.29 is 14.3 Å². The Morgan fingerprint density at radius 3 is 2.76 bits per heavy atom. The van der Waals surface area contributed by atoms with Crippen molar-refractivity contribution in [2.45, 2.75) is 52.9 Å². The van der Waals surface area contributed by atoms with Crippen LogP contribution >= 0.6 is 11.3 Å². The van der Waals surface area contributed by atoms with Gasteiger partial charge in [-0.2, -0.15) is 0 Å². The van der Waals surface area contributed by atoms with Crippen LogP contribution < -0.4 is 20.3 Å². The molecule has 2 N–H and O–H groups in total. The zero-order valence-electron chi connectivity index (χ0n) is 20.3. The third kappa shape index (κ3) is 5.43. The molecule has 0 spiro atoms. The van der Waals surface area contributed by atoms with E-state index in [0.717, 1.165) is 29.5 Å². The van der Waals surface area contributed by atoms with E-state index in [0.29, 0.717) is 42.8 Å². The Morgan fingerprint density at radius 2 is 2.03 bits per heavy atom. The Hall–Kier alpha value is -2.87. The first-order chi connectivity index (χ1) is 16.3. The molecule has 2 heterocycles. The Bertz CT molecular complexity index is 1220. The molecule has 4 rings (SSSR count). The van der Waals surface area contributed by atoms with Crippen molar-refractivity contribution >= 4 is 27.5 Å². The van der Waals surface area contributed by atoms with Crippen LogP contribution in [0, 0.1) is 11.3 Å². The van der Waals surface area contributed by atoms with E-state index in [4.69, 9.17) is 14.5 Å². The number of aromatic nitrogens is 2. The molecule has 34 heavy (non-hydrogen) atoms. The zero-order valence-corrected chi connectivity index (χ0v) is 21.1. The molecule has 7 nitrogen and oxygen atoms in total. The summed E-state index contributed by atoms with van der Waals surface area (Å²) in [6.45, 7) is 7.58. The first-order valence-electron chi connectivity index (χ1n) is 11.8. The summed E-state index contributed by atoms with van der Waals surface area (Å²) in [7, 11) is 1.59. The molecule has 2 aromatic heterocycles. The minimum Gasteiger partial charge on any atom is -0.493 e. The molecule has 1 aromatic carbocycles. The van der Waals surface area contributed by atoms with Gasteiger partial charge in [0.1, 0.15) is 17.3 Å². The number of para-hydroxylation sites is 2. The maximum absolute atomic E-state index is 12.8. The van der Waals surface area contributed by atoms with Crippen LogP contribution in [0.4, 0.5) is 0 Å². The van der Waals surface area contributed by atoms with Gasteiger partial charge in [-0.05, 0) is 48.3 Å². The number of rotatable bonds is 8. The fourth-order valence-corrected chi connectivity index (χ4v) is 5.81. The number of ether oxygens (including phenoxy) is 2. The van der Waals surface area contributed by atoms with E-state index in [-0.39, 0.29) is 23.3 Å². The number of methoxy groups -OCH3 is 1. The molecule has 0 saturated heterocycles. The van der Waals surface area contributed by atoms with E-state index in [9.17, 15) is 9.59 Å². The molecular weight excluding hydrogens is 450 g/mol. The summed E-state index contributed by atoms with van der Waals surface area (Å²) in [5.74, 6) is 2.36. The normalized spacial score (nSPS) is 15.7. The average molecular weight is 484 g/mol. The molecule has 1 aliphatic rings. The molecule has 182 valence electrons. The highest BCUT2D eigenvalue weighted by molar-refractivity contribution is 7.18. The summed E-state index contributed by atoms with van der Waals surface area (Å²) >= 11 is 1.64. The van der Waals surface area contributed by atoms with Crippen LogP contribution in [-0.4, -0.2) is 36.1 Å². The number of aromatic amines is 1. The first-order valence-corrected chi connectivity index (χ1v) is 12.6. The van der Waals surface area contributed by atoms with Crippen LogP contribution in [0.15, 0.2) is 29.1 Å². The van der Waals surface area contributed by atoms with Crippen LogP contribution in [0.1, 0.15) is 49.9 Å². The zero-order chi connectivity index (χ0) is 24.3. The second-order valence-corrected chi connectivity index (χ2v) is 10.9. The highest BCUT2D eigenvalue weighted by Crippen LogP contribution is 2.42. The standard InChI is InChI=1S/C26H33N3O4S/c1-26(2,3)16-9-10-17-20(15-16)34-25-23(17)24(31)28-21(29-25)11-12-22(30)27-13-14-33-19-8-6-5-7-18(19)32-4/h5-8,16H,9-15H2,1-4H3,(H,27,30)(H,28,29,31). The van der Waals surface area contributed by atoms with Gasteiger partial charge in [0.05, 0.1) is 19.0 Å². The Kier molecular flexibility index (Phi) is 7.26. The molecule has 0 aliphatic heterocycles. The van der Waals surface area contributed by atoms with Crippen molar-refractivity contribution in [1.29, 1.82) is 0 Å². The van der Waals surface area contributed by atoms with E-state index in [2.05, 4.69) is 31.1 Å². The third-order valence-corrected chi connectivity index (χ3v) is 7.68. The lowest BCUT2D eigenvalue weighted by atomic mass is 9.72. The number of hydrogen-bond donors (Lipinski definition) is 2. The second-order valence-electron chi connectivity index (χ2n) is 9.85. The molecule has 0 fully saturated rings. The number of thiophene rings is 1. The van der Waals surface area contributed by atoms with Gasteiger partial charge < -0.3 is 19.8 Å². The van der Waals surface area contributed by atoms with E-state index in [1.807, 2.05) is 24.3 Å². The minimum atomic E-state index is -0.107. The Labute approximate surface area is 203 Å². The summed E-state index contributed by atoms with van der Waals surface area (Å²) in [6.07, 6.45) is 3.68. The van der Waals surface area contributed by atoms with E-state index in [1.54, 1.807) is 18.4 Å². The third-order valence-electron chi connectivity index (χ3n) is 6.53. The summed E-state index contributed by atoms with van der Waals surface area (Å²) in [5, 5.41) is 3.59. The SMILES string of the molecule is COc1ccccc1OCCNC(=O)CCc1nc2sc3c(c2c(=O)[nH]1)CCC(C(C)(C)C)C3. The van der Waals surface area contributed by atoms with Gasteiger partial charge in [0.25, 0.3) is 5.56 Å². The molecule has 1 atom stereocenters. The summed E-state index contributed by atoms with van der Waals surface area (Å²) in [5.41, 5.74) is 1.34. The van der Waals surface area contributed by atoms with Gasteiger partial charge in [-0.1, -0.05) is 32.9 Å². The fraction of sp³-hybridized carbons (Fsp3) is 0.500. The molecule has 3 aromatic rings. The van der Waals surface area contributed by atoms with Crippen molar-refractivity contribution in [3.8, 4) is 11.5 Å². The maximum Gasteiger partial charge on any atom is 0.259 e. The van der Waals surface area contributed by atoms with Crippen LogP contribution in [0.25, 0.3) is 10.2 Å². The first kappa shape index (κ1) is 24.3. The Balaban J connectivity index is 1.32. The number of H-pyrrole nitrogens is 1. The van der Waals surface area contributed by atoms with Crippen molar-refractivity contribution in [1.82, 2.24) is 15.3 Å². The van der Waals surface area contributed by atoms with E-state index < -0.39 is 0 Å². The number of nitrogens with one attached hydrogen (secondary N) is 2. The van der Waals surface area contributed by atoms with Gasteiger partial charge in [0, 0.05) is 17.7 Å². The summed E-state index contributed by atoms with van der Waals surface area (Å²) in [4.78, 5) is 34.8. The molecule has 1 unspecified atom stereocenters. The lowest BCUT2D eigenvalue weighted by Crippen LogP contribution is -2.28.